The highest BCUT2D eigenvalue weighted by molar-refractivity contribution is 6.20. The summed E-state index contributed by atoms with van der Waals surface area (Å²) in [5.41, 5.74) is 3.75. The molecule has 0 bridgehead atoms. The summed E-state index contributed by atoms with van der Waals surface area (Å²) < 4.78 is 25.1. The second-order valence-electron chi connectivity index (χ2n) is 4.88. The molecule has 11 heteroatoms. The summed E-state index contributed by atoms with van der Waals surface area (Å²) in [6.07, 6.45) is -6.14. The average Bonchev–Trinajstić information content (AvgIpc) is 2.42. The standard InChI is InChI=1S/C13H18ClNO9/c1-5(16)20-4-8-9(21-6(2)17)10(24-13(15)19)11(12(14)23-8)22-7(3)18/h8-12H,4H2,1-3H3,(H2,15,19)/t8-,9-,10+,11+,12-/m1/s1. The lowest BCUT2D eigenvalue weighted by Crippen LogP contribution is -2.61. The van der Waals surface area contributed by atoms with E-state index in [1.165, 1.54) is 6.92 Å². The molecular formula is C13H18ClNO9. The van der Waals surface area contributed by atoms with E-state index in [1.807, 2.05) is 0 Å². The number of halogens is 1. The SMILES string of the molecule is CC(=O)OC[C@H]1O[C@@H](Cl)[C@@H](OC(C)=O)[C@@H](OC(N)=O)[C@@H]1OC(C)=O. The zero-order chi connectivity index (χ0) is 18.4. The van der Waals surface area contributed by atoms with Crippen molar-refractivity contribution in [1.29, 1.82) is 0 Å². The number of primary amides is 1. The van der Waals surface area contributed by atoms with Crippen molar-refractivity contribution >= 4 is 35.6 Å². The lowest BCUT2D eigenvalue weighted by Gasteiger charge is -2.42. The maximum absolute atomic E-state index is 11.3. The van der Waals surface area contributed by atoms with E-state index < -0.39 is 54.0 Å². The molecule has 24 heavy (non-hydrogen) atoms. The van der Waals surface area contributed by atoms with Gasteiger partial charge in [-0.3, -0.25) is 14.4 Å². The molecule has 1 saturated heterocycles. The number of ether oxygens (including phenoxy) is 5. The summed E-state index contributed by atoms with van der Waals surface area (Å²) in [7, 11) is 0. The Morgan fingerprint density at radius 3 is 1.92 bits per heavy atom. The minimum atomic E-state index is -1.34. The summed E-state index contributed by atoms with van der Waals surface area (Å²) in [5, 5.41) is 0. The first-order valence-electron chi connectivity index (χ1n) is 6.85. The molecule has 10 nitrogen and oxygen atoms in total. The van der Waals surface area contributed by atoms with Crippen molar-refractivity contribution in [1.82, 2.24) is 0 Å². The van der Waals surface area contributed by atoms with E-state index in [2.05, 4.69) is 0 Å². The van der Waals surface area contributed by atoms with Crippen LogP contribution in [0.4, 0.5) is 4.79 Å². The summed E-state index contributed by atoms with van der Waals surface area (Å²) in [6, 6.07) is 0. The molecule has 1 amide bonds. The van der Waals surface area contributed by atoms with E-state index >= 15 is 0 Å². The third kappa shape index (κ3) is 5.85. The summed E-state index contributed by atoms with van der Waals surface area (Å²) >= 11 is 6.00. The van der Waals surface area contributed by atoms with Gasteiger partial charge in [0.05, 0.1) is 0 Å². The summed E-state index contributed by atoms with van der Waals surface area (Å²) in [6.45, 7) is 3.05. The van der Waals surface area contributed by atoms with Gasteiger partial charge in [0, 0.05) is 20.8 Å². The van der Waals surface area contributed by atoms with Crippen molar-refractivity contribution in [2.75, 3.05) is 6.61 Å². The molecule has 0 aliphatic carbocycles. The van der Waals surface area contributed by atoms with Crippen molar-refractivity contribution in [2.45, 2.75) is 50.8 Å². The lowest BCUT2D eigenvalue weighted by molar-refractivity contribution is -0.230. The second kappa shape index (κ2) is 8.69. The van der Waals surface area contributed by atoms with Crippen LogP contribution in [-0.4, -0.2) is 60.6 Å². The quantitative estimate of drug-likeness (QED) is 0.398. The lowest BCUT2D eigenvalue weighted by atomic mass is 9.99. The van der Waals surface area contributed by atoms with E-state index in [9.17, 15) is 19.2 Å². The van der Waals surface area contributed by atoms with Crippen LogP contribution in [0.25, 0.3) is 0 Å². The molecule has 0 aromatic rings. The first-order valence-corrected chi connectivity index (χ1v) is 7.29. The highest BCUT2D eigenvalue weighted by atomic mass is 35.5. The Bertz CT molecular complexity index is 512. The summed E-state index contributed by atoms with van der Waals surface area (Å²) in [4.78, 5) is 44.7. The maximum Gasteiger partial charge on any atom is 0.405 e. The van der Waals surface area contributed by atoms with Crippen molar-refractivity contribution in [2.24, 2.45) is 5.73 Å². The minimum absolute atomic E-state index is 0.331. The van der Waals surface area contributed by atoms with Gasteiger partial charge in [0.15, 0.2) is 23.9 Å². The third-order valence-electron chi connectivity index (χ3n) is 2.88. The monoisotopic (exact) mass is 367 g/mol. The van der Waals surface area contributed by atoms with E-state index in [1.54, 1.807) is 0 Å². The van der Waals surface area contributed by atoms with Gasteiger partial charge in [0.2, 0.25) is 0 Å². The molecule has 0 radical (unpaired) electrons. The van der Waals surface area contributed by atoms with Crippen LogP contribution in [0.5, 0.6) is 0 Å². The van der Waals surface area contributed by atoms with Crippen molar-refractivity contribution < 1.29 is 42.9 Å². The number of nitrogens with two attached hydrogens (primary N) is 1. The van der Waals surface area contributed by atoms with Gasteiger partial charge in [-0.1, -0.05) is 11.6 Å². The summed E-state index contributed by atoms with van der Waals surface area (Å²) in [5.74, 6) is -2.07. The third-order valence-corrected chi connectivity index (χ3v) is 3.24. The van der Waals surface area contributed by atoms with Gasteiger partial charge in [-0.05, 0) is 0 Å². The smallest absolute Gasteiger partial charge is 0.405 e. The number of alkyl halides is 1. The largest absolute Gasteiger partial charge is 0.463 e. The normalized spacial score (nSPS) is 29.2. The molecular weight excluding hydrogens is 350 g/mol. The predicted octanol–water partition coefficient (Wildman–Crippen LogP) is -0.160. The fourth-order valence-corrected chi connectivity index (χ4v) is 2.45. The first kappa shape index (κ1) is 20.0. The Labute approximate surface area is 142 Å². The molecule has 5 atom stereocenters. The van der Waals surface area contributed by atoms with E-state index in [-0.39, 0.29) is 6.61 Å². The molecule has 0 aromatic heterocycles. The Hall–Kier alpha value is -2.07. The number of hydrogen-bond donors (Lipinski definition) is 1. The number of carbonyl (C=O) groups is 4. The molecule has 1 rings (SSSR count). The first-order chi connectivity index (χ1) is 11.1. The van der Waals surface area contributed by atoms with Crippen LogP contribution in [0.15, 0.2) is 0 Å². The van der Waals surface area contributed by atoms with Gasteiger partial charge < -0.3 is 29.4 Å². The topological polar surface area (TPSA) is 140 Å². The van der Waals surface area contributed by atoms with Crippen LogP contribution in [-0.2, 0) is 38.1 Å². The highest BCUT2D eigenvalue weighted by Crippen LogP contribution is 2.30. The Kier molecular flexibility index (Phi) is 7.23. The van der Waals surface area contributed by atoms with E-state index in [0.29, 0.717) is 0 Å². The van der Waals surface area contributed by atoms with Crippen molar-refractivity contribution in [3.63, 3.8) is 0 Å². The highest BCUT2D eigenvalue weighted by Gasteiger charge is 2.51. The van der Waals surface area contributed by atoms with E-state index in [4.69, 9.17) is 41.0 Å². The van der Waals surface area contributed by atoms with Crippen molar-refractivity contribution in [3.05, 3.63) is 0 Å². The van der Waals surface area contributed by atoms with Gasteiger partial charge in [0.1, 0.15) is 12.7 Å². The van der Waals surface area contributed by atoms with Crippen LogP contribution >= 0.6 is 11.6 Å². The van der Waals surface area contributed by atoms with Gasteiger partial charge in [-0.15, -0.1) is 0 Å². The number of carbonyl (C=O) groups excluding carboxylic acids is 4. The molecule has 2 N–H and O–H groups in total. The fraction of sp³-hybridized carbons (Fsp3) is 0.692. The molecule has 0 spiro atoms. The Morgan fingerprint density at radius 1 is 0.917 bits per heavy atom. The molecule has 1 aliphatic heterocycles. The number of esters is 3. The fourth-order valence-electron chi connectivity index (χ4n) is 2.12. The zero-order valence-electron chi connectivity index (χ0n) is 13.2. The zero-order valence-corrected chi connectivity index (χ0v) is 14.0. The van der Waals surface area contributed by atoms with Crippen LogP contribution in [0, 0.1) is 0 Å². The molecule has 1 heterocycles. The maximum atomic E-state index is 11.3. The van der Waals surface area contributed by atoms with Gasteiger partial charge in [-0.25, -0.2) is 4.79 Å². The second-order valence-corrected chi connectivity index (χ2v) is 5.31. The van der Waals surface area contributed by atoms with Crippen LogP contribution < -0.4 is 5.73 Å². The van der Waals surface area contributed by atoms with Crippen LogP contribution in [0.2, 0.25) is 0 Å². The molecule has 1 fully saturated rings. The molecule has 0 unspecified atom stereocenters. The van der Waals surface area contributed by atoms with Gasteiger partial charge in [-0.2, -0.15) is 0 Å². The molecule has 1 aliphatic rings. The molecule has 0 aromatic carbocycles. The average molecular weight is 368 g/mol. The minimum Gasteiger partial charge on any atom is -0.463 e. The van der Waals surface area contributed by atoms with Crippen LogP contribution in [0.3, 0.4) is 0 Å². The molecule has 136 valence electrons. The number of rotatable bonds is 5. The molecule has 0 saturated carbocycles. The predicted molar refractivity (Wildman–Crippen MR) is 76.7 cm³/mol. The number of amides is 1. The Morgan fingerprint density at radius 2 is 1.46 bits per heavy atom. The number of hydrogen-bond acceptors (Lipinski definition) is 9. The van der Waals surface area contributed by atoms with Gasteiger partial charge in [0.25, 0.3) is 0 Å². The van der Waals surface area contributed by atoms with Gasteiger partial charge >= 0.3 is 24.0 Å². The Balaban J connectivity index is 3.11. The van der Waals surface area contributed by atoms with E-state index in [0.717, 1.165) is 13.8 Å². The van der Waals surface area contributed by atoms with Crippen molar-refractivity contribution in [3.8, 4) is 0 Å². The van der Waals surface area contributed by atoms with Crippen LogP contribution in [0.1, 0.15) is 20.8 Å².